The Morgan fingerprint density at radius 2 is 2.07 bits per heavy atom. The summed E-state index contributed by atoms with van der Waals surface area (Å²) in [5, 5.41) is 0. The molecule has 0 aliphatic carbocycles. The average molecular weight is 187 g/mol. The molecule has 0 spiro atoms. The highest BCUT2D eigenvalue weighted by Crippen LogP contribution is 2.16. The van der Waals surface area contributed by atoms with E-state index >= 15 is 0 Å². The lowest BCUT2D eigenvalue weighted by atomic mass is 10.1. The Labute approximate surface area is 86.2 Å². The lowest BCUT2D eigenvalue weighted by Crippen LogP contribution is -1.96. The van der Waals surface area contributed by atoms with Crippen LogP contribution in [0.3, 0.4) is 0 Å². The van der Waals surface area contributed by atoms with Crippen molar-refractivity contribution in [3.05, 3.63) is 41.7 Å². The van der Waals surface area contributed by atoms with E-state index < -0.39 is 0 Å². The van der Waals surface area contributed by atoms with Gasteiger partial charge in [0, 0.05) is 5.69 Å². The van der Waals surface area contributed by atoms with Crippen molar-refractivity contribution < 1.29 is 0 Å². The smallest absolute Gasteiger partial charge is 0.0699 e. The molecule has 0 atom stereocenters. The van der Waals surface area contributed by atoms with Gasteiger partial charge in [0.1, 0.15) is 0 Å². The number of hydrogen-bond donors (Lipinski definition) is 0. The molecule has 0 saturated heterocycles. The predicted octanol–water partition coefficient (Wildman–Crippen LogP) is 3.88. The second kappa shape index (κ2) is 4.75. The highest BCUT2D eigenvalue weighted by atomic mass is 14.7. The van der Waals surface area contributed by atoms with Gasteiger partial charge < -0.3 is 0 Å². The molecule has 1 aromatic heterocycles. The van der Waals surface area contributed by atoms with Crippen molar-refractivity contribution in [1.82, 2.24) is 4.98 Å². The third-order valence-electron chi connectivity index (χ3n) is 2.11. The second-order valence-electron chi connectivity index (χ2n) is 3.57. The summed E-state index contributed by atoms with van der Waals surface area (Å²) in [5.41, 5.74) is 3.22. The maximum atomic E-state index is 4.54. The molecular formula is C13H17N. The van der Waals surface area contributed by atoms with Crippen LogP contribution in [0.4, 0.5) is 0 Å². The van der Waals surface area contributed by atoms with Gasteiger partial charge in [-0.3, -0.25) is 4.98 Å². The van der Waals surface area contributed by atoms with Crippen LogP contribution < -0.4 is 0 Å². The third-order valence-corrected chi connectivity index (χ3v) is 2.11. The number of allylic oxidation sites excluding steroid dienone is 1. The Morgan fingerprint density at radius 1 is 1.36 bits per heavy atom. The van der Waals surface area contributed by atoms with Crippen molar-refractivity contribution in [2.45, 2.75) is 26.7 Å². The third kappa shape index (κ3) is 2.32. The van der Waals surface area contributed by atoms with Crippen LogP contribution in [0.5, 0.6) is 0 Å². The van der Waals surface area contributed by atoms with Crippen LogP contribution >= 0.6 is 0 Å². The van der Waals surface area contributed by atoms with Gasteiger partial charge in [-0.2, -0.15) is 0 Å². The van der Waals surface area contributed by atoms with Crippen LogP contribution in [0, 0.1) is 0 Å². The van der Waals surface area contributed by atoms with E-state index in [1.54, 1.807) is 6.08 Å². The number of nitrogens with zero attached hydrogens (tertiary/aromatic N) is 1. The molecule has 0 aliphatic heterocycles. The second-order valence-corrected chi connectivity index (χ2v) is 3.57. The van der Waals surface area contributed by atoms with Gasteiger partial charge in [0.2, 0.25) is 0 Å². The van der Waals surface area contributed by atoms with E-state index in [9.17, 15) is 0 Å². The van der Waals surface area contributed by atoms with Crippen LogP contribution in [0.2, 0.25) is 0 Å². The minimum atomic E-state index is 0.466. The van der Waals surface area contributed by atoms with Crippen LogP contribution in [0.1, 0.15) is 43.6 Å². The molecule has 0 fully saturated rings. The fourth-order valence-electron chi connectivity index (χ4n) is 1.31. The first-order valence-electron chi connectivity index (χ1n) is 4.95. The van der Waals surface area contributed by atoms with E-state index in [-0.39, 0.29) is 0 Å². The number of pyridine rings is 1. The Bertz CT molecular complexity index is 348. The Hall–Kier alpha value is -1.37. The van der Waals surface area contributed by atoms with Crippen LogP contribution in [-0.4, -0.2) is 4.98 Å². The summed E-state index contributed by atoms with van der Waals surface area (Å²) in [7, 11) is 0. The normalized spacial score (nSPS) is 11.1. The van der Waals surface area contributed by atoms with Gasteiger partial charge in [0.25, 0.3) is 0 Å². The van der Waals surface area contributed by atoms with Crippen molar-refractivity contribution in [1.29, 1.82) is 0 Å². The highest BCUT2D eigenvalue weighted by Gasteiger charge is 2.03. The molecule has 1 rings (SSSR count). The van der Waals surface area contributed by atoms with Crippen LogP contribution in [0.25, 0.3) is 12.2 Å². The first-order valence-corrected chi connectivity index (χ1v) is 4.95. The quantitative estimate of drug-likeness (QED) is 0.699. The SMILES string of the molecule is C=Cc1nc(C(C)C)ccc1/C=C\C. The van der Waals surface area contributed by atoms with Crippen molar-refractivity contribution in [2.75, 3.05) is 0 Å². The monoisotopic (exact) mass is 187 g/mol. The van der Waals surface area contributed by atoms with Crippen molar-refractivity contribution in [3.63, 3.8) is 0 Å². The number of hydrogen-bond acceptors (Lipinski definition) is 1. The Kier molecular flexibility index (Phi) is 3.63. The highest BCUT2D eigenvalue weighted by molar-refractivity contribution is 5.61. The molecule has 1 heteroatoms. The average Bonchev–Trinajstić information content (AvgIpc) is 2.18. The first-order chi connectivity index (χ1) is 6.69. The minimum Gasteiger partial charge on any atom is -0.253 e. The Balaban J connectivity index is 3.17. The molecule has 0 unspecified atom stereocenters. The fraction of sp³-hybridized carbons (Fsp3) is 0.308. The van der Waals surface area contributed by atoms with E-state index in [1.165, 1.54) is 0 Å². The fourth-order valence-corrected chi connectivity index (χ4v) is 1.31. The van der Waals surface area contributed by atoms with Gasteiger partial charge in [-0.25, -0.2) is 0 Å². The lowest BCUT2D eigenvalue weighted by Gasteiger charge is -2.07. The zero-order valence-electron chi connectivity index (χ0n) is 9.12. The molecule has 1 nitrogen and oxygen atoms in total. The maximum absolute atomic E-state index is 4.54. The summed E-state index contributed by atoms with van der Waals surface area (Å²) in [6.07, 6.45) is 5.87. The molecule has 0 radical (unpaired) electrons. The molecule has 0 N–H and O–H groups in total. The number of rotatable bonds is 3. The van der Waals surface area contributed by atoms with E-state index in [0.29, 0.717) is 5.92 Å². The topological polar surface area (TPSA) is 12.9 Å². The zero-order chi connectivity index (χ0) is 10.6. The molecule has 0 saturated carbocycles. The van der Waals surface area contributed by atoms with E-state index in [2.05, 4.69) is 37.5 Å². The summed E-state index contributed by atoms with van der Waals surface area (Å²) in [6, 6.07) is 4.17. The largest absolute Gasteiger partial charge is 0.253 e. The van der Waals surface area contributed by atoms with Crippen molar-refractivity contribution >= 4 is 12.2 Å². The van der Waals surface area contributed by atoms with Crippen LogP contribution in [0.15, 0.2) is 24.8 Å². The van der Waals surface area contributed by atoms with Gasteiger partial charge in [0.15, 0.2) is 0 Å². The van der Waals surface area contributed by atoms with Crippen molar-refractivity contribution in [2.24, 2.45) is 0 Å². The van der Waals surface area contributed by atoms with Gasteiger partial charge in [-0.05, 0) is 30.5 Å². The summed E-state index contributed by atoms with van der Waals surface area (Å²) in [5.74, 6) is 0.466. The molecule has 0 aliphatic rings. The summed E-state index contributed by atoms with van der Waals surface area (Å²) < 4.78 is 0. The Morgan fingerprint density at radius 3 is 2.57 bits per heavy atom. The van der Waals surface area contributed by atoms with E-state index in [4.69, 9.17) is 0 Å². The van der Waals surface area contributed by atoms with Gasteiger partial charge in [0.05, 0.1) is 5.69 Å². The van der Waals surface area contributed by atoms with Gasteiger partial charge in [-0.15, -0.1) is 0 Å². The summed E-state index contributed by atoms with van der Waals surface area (Å²) in [6.45, 7) is 10.1. The lowest BCUT2D eigenvalue weighted by molar-refractivity contribution is 0.820. The number of aromatic nitrogens is 1. The predicted molar refractivity (Wildman–Crippen MR) is 63.1 cm³/mol. The van der Waals surface area contributed by atoms with E-state index in [1.807, 2.05) is 19.1 Å². The molecule has 1 aromatic rings. The minimum absolute atomic E-state index is 0.466. The van der Waals surface area contributed by atoms with Gasteiger partial charge in [-0.1, -0.05) is 38.6 Å². The standard InChI is InChI=1S/C13H17N/c1-5-7-11-8-9-13(10(3)4)14-12(11)6-2/h5-10H,2H2,1,3-4H3/b7-5-. The van der Waals surface area contributed by atoms with E-state index in [0.717, 1.165) is 17.0 Å². The van der Waals surface area contributed by atoms with Crippen LogP contribution in [-0.2, 0) is 0 Å². The molecule has 0 amide bonds. The van der Waals surface area contributed by atoms with Crippen molar-refractivity contribution in [3.8, 4) is 0 Å². The molecule has 74 valence electrons. The summed E-state index contributed by atoms with van der Waals surface area (Å²) >= 11 is 0. The maximum Gasteiger partial charge on any atom is 0.0699 e. The zero-order valence-corrected chi connectivity index (χ0v) is 9.12. The molecule has 14 heavy (non-hydrogen) atoms. The summed E-state index contributed by atoms with van der Waals surface area (Å²) in [4.78, 5) is 4.54. The molecule has 1 heterocycles. The molecule has 0 bridgehead atoms. The van der Waals surface area contributed by atoms with Gasteiger partial charge >= 0.3 is 0 Å². The molecule has 0 aromatic carbocycles. The molecular weight excluding hydrogens is 170 g/mol. The first kappa shape index (κ1) is 10.7.